The number of pyridine rings is 1. The van der Waals surface area contributed by atoms with Crippen LogP contribution < -0.4 is 10.5 Å². The average Bonchev–Trinajstić information content (AvgIpc) is 3.41. The summed E-state index contributed by atoms with van der Waals surface area (Å²) in [6.07, 6.45) is 5.81. The molecular formula is C23H27N5O2S2. The molecule has 1 fully saturated rings. The number of hydrogen-bond donors (Lipinski definition) is 0. The number of thioether (sulfide) groups is 1. The third-order valence-electron chi connectivity index (χ3n) is 6.17. The Balaban J connectivity index is 1.28. The highest BCUT2D eigenvalue weighted by Gasteiger charge is 2.25. The van der Waals surface area contributed by atoms with Gasteiger partial charge in [-0.1, -0.05) is 24.8 Å². The van der Waals surface area contributed by atoms with Crippen LogP contribution in [-0.4, -0.2) is 57.3 Å². The highest BCUT2D eigenvalue weighted by Crippen LogP contribution is 2.35. The van der Waals surface area contributed by atoms with E-state index in [-0.39, 0.29) is 11.5 Å². The summed E-state index contributed by atoms with van der Waals surface area (Å²) < 4.78 is 1.78. The van der Waals surface area contributed by atoms with Gasteiger partial charge in [0.25, 0.3) is 5.56 Å². The van der Waals surface area contributed by atoms with E-state index in [0.717, 1.165) is 54.8 Å². The van der Waals surface area contributed by atoms with E-state index in [1.165, 1.54) is 22.2 Å². The Kier molecular flexibility index (Phi) is 6.19. The number of hydrogen-bond acceptors (Lipinski definition) is 7. The second kappa shape index (κ2) is 9.23. The molecule has 2 aliphatic rings. The first-order valence-corrected chi connectivity index (χ1v) is 13.1. The zero-order valence-corrected chi connectivity index (χ0v) is 19.9. The first-order valence-electron chi connectivity index (χ1n) is 11.3. The number of carbonyl (C=O) groups excluding carboxylic acids is 1. The quantitative estimate of drug-likeness (QED) is 0.408. The summed E-state index contributed by atoms with van der Waals surface area (Å²) in [5.74, 6) is 1.36. The van der Waals surface area contributed by atoms with Gasteiger partial charge >= 0.3 is 0 Å². The molecule has 1 aliphatic carbocycles. The van der Waals surface area contributed by atoms with Crippen LogP contribution in [0.3, 0.4) is 0 Å². The molecule has 3 aromatic heterocycles. The molecule has 0 atom stereocenters. The normalized spacial score (nSPS) is 16.0. The third kappa shape index (κ3) is 4.03. The Labute approximate surface area is 195 Å². The minimum absolute atomic E-state index is 0.0650. The topological polar surface area (TPSA) is 71.3 Å². The predicted octanol–water partition coefficient (Wildman–Crippen LogP) is 3.19. The summed E-state index contributed by atoms with van der Waals surface area (Å²) in [6, 6.07) is 5.90. The summed E-state index contributed by atoms with van der Waals surface area (Å²) in [5, 5.41) is 1.49. The van der Waals surface area contributed by atoms with Crippen LogP contribution in [0, 0.1) is 0 Å². The fourth-order valence-electron chi connectivity index (χ4n) is 4.53. The number of aryl methyl sites for hydroxylation is 2. The van der Waals surface area contributed by atoms with Gasteiger partial charge in [0.2, 0.25) is 5.91 Å². The van der Waals surface area contributed by atoms with Crippen molar-refractivity contribution in [1.29, 1.82) is 0 Å². The van der Waals surface area contributed by atoms with Gasteiger partial charge < -0.3 is 9.80 Å². The molecule has 1 saturated heterocycles. The van der Waals surface area contributed by atoms with Gasteiger partial charge in [-0.05, 0) is 43.4 Å². The molecule has 1 amide bonds. The zero-order chi connectivity index (χ0) is 22.1. The Bertz CT molecular complexity index is 1180. The van der Waals surface area contributed by atoms with Crippen molar-refractivity contribution < 1.29 is 4.79 Å². The number of fused-ring (bicyclic) bond motifs is 3. The molecule has 0 aromatic carbocycles. The smallest absolute Gasteiger partial charge is 0.263 e. The molecule has 0 bridgehead atoms. The number of rotatable bonds is 6. The molecule has 3 aromatic rings. The summed E-state index contributed by atoms with van der Waals surface area (Å²) in [5.41, 5.74) is 1.28. The van der Waals surface area contributed by atoms with Crippen molar-refractivity contribution in [2.75, 3.05) is 36.8 Å². The molecule has 0 radical (unpaired) electrons. The zero-order valence-electron chi connectivity index (χ0n) is 18.2. The van der Waals surface area contributed by atoms with Crippen LogP contribution in [0.2, 0.25) is 0 Å². The Morgan fingerprint density at radius 3 is 2.78 bits per heavy atom. The summed E-state index contributed by atoms with van der Waals surface area (Å²) in [4.78, 5) is 41.7. The van der Waals surface area contributed by atoms with E-state index >= 15 is 0 Å². The molecule has 0 unspecified atom stereocenters. The summed E-state index contributed by atoms with van der Waals surface area (Å²) in [6.45, 7) is 5.61. The van der Waals surface area contributed by atoms with E-state index in [2.05, 4.69) is 16.8 Å². The first-order chi connectivity index (χ1) is 15.7. The standard InChI is InChI=1S/C23H27N5O2S2/c1-2-10-28-22(30)20-16-6-5-7-17(16)32-21(20)25-23(28)31-15-19(29)27-13-11-26(12-14-27)18-8-3-4-9-24-18/h3-4,8-9H,2,5-7,10-15H2,1H3. The average molecular weight is 470 g/mol. The van der Waals surface area contributed by atoms with Crippen molar-refractivity contribution in [1.82, 2.24) is 19.4 Å². The largest absolute Gasteiger partial charge is 0.353 e. The maximum Gasteiger partial charge on any atom is 0.263 e. The van der Waals surface area contributed by atoms with Gasteiger partial charge in [0.1, 0.15) is 10.6 Å². The number of aromatic nitrogens is 3. The van der Waals surface area contributed by atoms with E-state index in [1.54, 1.807) is 22.1 Å². The van der Waals surface area contributed by atoms with Crippen LogP contribution in [0.4, 0.5) is 5.82 Å². The number of amides is 1. The van der Waals surface area contributed by atoms with Crippen molar-refractivity contribution in [2.45, 2.75) is 44.3 Å². The molecule has 0 N–H and O–H groups in total. The van der Waals surface area contributed by atoms with Crippen molar-refractivity contribution >= 4 is 45.0 Å². The lowest BCUT2D eigenvalue weighted by molar-refractivity contribution is -0.128. The second-order valence-electron chi connectivity index (χ2n) is 8.23. The van der Waals surface area contributed by atoms with E-state index < -0.39 is 0 Å². The lowest BCUT2D eigenvalue weighted by atomic mass is 10.2. The molecule has 4 heterocycles. The van der Waals surface area contributed by atoms with E-state index in [1.807, 2.05) is 23.1 Å². The van der Waals surface area contributed by atoms with Crippen LogP contribution in [0.15, 0.2) is 34.3 Å². The second-order valence-corrected chi connectivity index (χ2v) is 10.3. The molecule has 0 saturated carbocycles. The van der Waals surface area contributed by atoms with E-state index in [9.17, 15) is 9.59 Å². The molecule has 32 heavy (non-hydrogen) atoms. The van der Waals surface area contributed by atoms with Crippen LogP contribution in [-0.2, 0) is 24.2 Å². The lowest BCUT2D eigenvalue weighted by Crippen LogP contribution is -2.49. The Hall–Kier alpha value is -2.39. The lowest BCUT2D eigenvalue weighted by Gasteiger charge is -2.35. The monoisotopic (exact) mass is 469 g/mol. The Morgan fingerprint density at radius 2 is 2.03 bits per heavy atom. The van der Waals surface area contributed by atoms with Crippen LogP contribution in [0.25, 0.3) is 10.2 Å². The number of carbonyl (C=O) groups is 1. The van der Waals surface area contributed by atoms with Gasteiger partial charge in [-0.25, -0.2) is 9.97 Å². The minimum Gasteiger partial charge on any atom is -0.353 e. The summed E-state index contributed by atoms with van der Waals surface area (Å²) in [7, 11) is 0. The summed E-state index contributed by atoms with van der Waals surface area (Å²) >= 11 is 3.05. The van der Waals surface area contributed by atoms with E-state index in [0.29, 0.717) is 30.5 Å². The number of anilines is 1. The van der Waals surface area contributed by atoms with Gasteiger partial charge in [0, 0.05) is 43.8 Å². The van der Waals surface area contributed by atoms with Crippen LogP contribution in [0.5, 0.6) is 0 Å². The van der Waals surface area contributed by atoms with Crippen molar-refractivity contribution in [3.05, 3.63) is 45.2 Å². The van der Waals surface area contributed by atoms with Gasteiger partial charge in [0.05, 0.1) is 11.1 Å². The predicted molar refractivity (Wildman–Crippen MR) is 130 cm³/mol. The minimum atomic E-state index is 0.0650. The molecule has 5 rings (SSSR count). The number of piperazine rings is 1. The maximum absolute atomic E-state index is 13.3. The third-order valence-corrected chi connectivity index (χ3v) is 8.31. The van der Waals surface area contributed by atoms with Crippen molar-refractivity contribution in [3.8, 4) is 0 Å². The highest BCUT2D eigenvalue weighted by molar-refractivity contribution is 7.99. The maximum atomic E-state index is 13.3. The van der Waals surface area contributed by atoms with Gasteiger partial charge in [-0.2, -0.15) is 0 Å². The van der Waals surface area contributed by atoms with Gasteiger partial charge in [0.15, 0.2) is 5.16 Å². The fourth-order valence-corrected chi connectivity index (χ4v) is 6.76. The Morgan fingerprint density at radius 1 is 1.19 bits per heavy atom. The molecule has 1 aliphatic heterocycles. The molecule has 168 valence electrons. The molecule has 7 nitrogen and oxygen atoms in total. The number of nitrogens with zero attached hydrogens (tertiary/aromatic N) is 5. The van der Waals surface area contributed by atoms with Crippen molar-refractivity contribution in [3.63, 3.8) is 0 Å². The molecule has 9 heteroatoms. The van der Waals surface area contributed by atoms with Gasteiger partial charge in [-0.3, -0.25) is 14.2 Å². The SMILES string of the molecule is CCCn1c(SCC(=O)N2CCN(c3ccccn3)CC2)nc2sc3c(c2c1=O)CCC3. The molecular weight excluding hydrogens is 442 g/mol. The van der Waals surface area contributed by atoms with Gasteiger partial charge in [-0.15, -0.1) is 11.3 Å². The van der Waals surface area contributed by atoms with Crippen LogP contribution >= 0.6 is 23.1 Å². The molecule has 0 spiro atoms. The number of thiophene rings is 1. The first kappa shape index (κ1) is 21.5. The van der Waals surface area contributed by atoms with Crippen molar-refractivity contribution in [2.24, 2.45) is 0 Å². The fraction of sp³-hybridized carbons (Fsp3) is 0.478. The van der Waals surface area contributed by atoms with Crippen LogP contribution in [0.1, 0.15) is 30.2 Å². The highest BCUT2D eigenvalue weighted by atomic mass is 32.2. The van der Waals surface area contributed by atoms with E-state index in [4.69, 9.17) is 4.98 Å².